The molecule has 19 heavy (non-hydrogen) atoms. The van der Waals surface area contributed by atoms with Crippen LogP contribution in [0.2, 0.25) is 0 Å². The lowest BCUT2D eigenvalue weighted by atomic mass is 10.1. The maximum atomic E-state index is 13.2. The highest BCUT2D eigenvalue weighted by Gasteiger charge is 2.23. The molecule has 1 aliphatic rings. The van der Waals surface area contributed by atoms with Crippen LogP contribution in [0.5, 0.6) is 5.75 Å². The SMILES string of the molecule is CNCc1cc(F)ccc1OC1CCCCNC1=O. The third kappa shape index (κ3) is 3.67. The van der Waals surface area contributed by atoms with Gasteiger partial charge in [-0.2, -0.15) is 0 Å². The summed E-state index contributed by atoms with van der Waals surface area (Å²) in [6.45, 7) is 1.20. The summed E-state index contributed by atoms with van der Waals surface area (Å²) >= 11 is 0. The first kappa shape index (κ1) is 13.8. The van der Waals surface area contributed by atoms with Gasteiger partial charge in [0.1, 0.15) is 11.6 Å². The highest BCUT2D eigenvalue weighted by Crippen LogP contribution is 2.23. The van der Waals surface area contributed by atoms with Crippen LogP contribution in [0, 0.1) is 5.82 Å². The van der Waals surface area contributed by atoms with E-state index in [0.717, 1.165) is 18.4 Å². The van der Waals surface area contributed by atoms with Gasteiger partial charge in [-0.3, -0.25) is 4.79 Å². The van der Waals surface area contributed by atoms with E-state index in [2.05, 4.69) is 10.6 Å². The minimum absolute atomic E-state index is 0.0859. The van der Waals surface area contributed by atoms with Crippen LogP contribution in [0.1, 0.15) is 24.8 Å². The smallest absolute Gasteiger partial charge is 0.261 e. The summed E-state index contributed by atoms with van der Waals surface area (Å²) in [6.07, 6.45) is 2.13. The molecule has 1 heterocycles. The van der Waals surface area contributed by atoms with E-state index in [0.29, 0.717) is 25.3 Å². The Hall–Kier alpha value is -1.62. The minimum Gasteiger partial charge on any atom is -0.480 e. The summed E-state index contributed by atoms with van der Waals surface area (Å²) in [6, 6.07) is 4.36. The molecule has 1 fully saturated rings. The number of halogens is 1. The lowest BCUT2D eigenvalue weighted by Gasteiger charge is -2.18. The predicted molar refractivity (Wildman–Crippen MR) is 70.4 cm³/mol. The van der Waals surface area contributed by atoms with E-state index in [-0.39, 0.29) is 11.7 Å². The Bertz CT molecular complexity index is 451. The quantitative estimate of drug-likeness (QED) is 0.870. The molecule has 1 atom stereocenters. The van der Waals surface area contributed by atoms with Crippen molar-refractivity contribution in [2.24, 2.45) is 0 Å². The van der Waals surface area contributed by atoms with E-state index in [1.54, 1.807) is 13.1 Å². The molecule has 0 spiro atoms. The van der Waals surface area contributed by atoms with Gasteiger partial charge in [0, 0.05) is 18.7 Å². The van der Waals surface area contributed by atoms with Crippen LogP contribution in [-0.2, 0) is 11.3 Å². The van der Waals surface area contributed by atoms with Crippen LogP contribution in [0.4, 0.5) is 4.39 Å². The normalized spacial score (nSPS) is 19.7. The zero-order chi connectivity index (χ0) is 13.7. The van der Waals surface area contributed by atoms with E-state index in [1.807, 2.05) is 0 Å². The number of nitrogens with one attached hydrogen (secondary N) is 2. The first-order valence-corrected chi connectivity index (χ1v) is 6.58. The van der Waals surface area contributed by atoms with Gasteiger partial charge in [-0.1, -0.05) is 0 Å². The summed E-state index contributed by atoms with van der Waals surface area (Å²) < 4.78 is 19.0. The summed E-state index contributed by atoms with van der Waals surface area (Å²) in [5.74, 6) is 0.179. The van der Waals surface area contributed by atoms with Gasteiger partial charge in [0.05, 0.1) is 0 Å². The van der Waals surface area contributed by atoms with Gasteiger partial charge in [-0.05, 0) is 44.5 Å². The molecule has 1 amide bonds. The zero-order valence-electron chi connectivity index (χ0n) is 11.0. The van der Waals surface area contributed by atoms with Crippen LogP contribution in [0.15, 0.2) is 18.2 Å². The highest BCUT2D eigenvalue weighted by molar-refractivity contribution is 5.81. The van der Waals surface area contributed by atoms with E-state index >= 15 is 0 Å². The molecule has 4 nitrogen and oxygen atoms in total. The third-order valence-corrected chi connectivity index (χ3v) is 3.14. The fourth-order valence-corrected chi connectivity index (χ4v) is 2.17. The van der Waals surface area contributed by atoms with Crippen LogP contribution < -0.4 is 15.4 Å². The first-order valence-electron chi connectivity index (χ1n) is 6.58. The molecule has 0 aliphatic carbocycles. The molecular formula is C14H19FN2O2. The van der Waals surface area contributed by atoms with Crippen LogP contribution >= 0.6 is 0 Å². The summed E-state index contributed by atoms with van der Waals surface area (Å²) in [7, 11) is 1.78. The van der Waals surface area contributed by atoms with E-state index < -0.39 is 6.10 Å². The van der Waals surface area contributed by atoms with Crippen molar-refractivity contribution >= 4 is 5.91 Å². The molecule has 0 radical (unpaired) electrons. The van der Waals surface area contributed by atoms with Crippen LogP contribution in [-0.4, -0.2) is 25.6 Å². The van der Waals surface area contributed by atoms with E-state index in [4.69, 9.17) is 4.74 Å². The Labute approximate surface area is 112 Å². The Morgan fingerprint density at radius 1 is 1.47 bits per heavy atom. The number of amides is 1. The molecule has 1 unspecified atom stereocenters. The van der Waals surface area contributed by atoms with Crippen molar-refractivity contribution in [3.05, 3.63) is 29.6 Å². The van der Waals surface area contributed by atoms with Gasteiger partial charge < -0.3 is 15.4 Å². The lowest BCUT2D eigenvalue weighted by molar-refractivity contribution is -0.127. The maximum absolute atomic E-state index is 13.2. The van der Waals surface area contributed by atoms with Gasteiger partial charge in [0.15, 0.2) is 6.10 Å². The number of rotatable bonds is 4. The summed E-state index contributed by atoms with van der Waals surface area (Å²) in [5.41, 5.74) is 0.722. The van der Waals surface area contributed by atoms with Gasteiger partial charge in [-0.25, -0.2) is 4.39 Å². The molecule has 2 rings (SSSR count). The number of ether oxygens (including phenoxy) is 1. The topological polar surface area (TPSA) is 50.4 Å². The first-order chi connectivity index (χ1) is 9.20. The number of hydrogen-bond donors (Lipinski definition) is 2. The molecule has 0 aromatic heterocycles. The predicted octanol–water partition coefficient (Wildman–Crippen LogP) is 1.59. The monoisotopic (exact) mass is 266 g/mol. The van der Waals surface area contributed by atoms with Gasteiger partial charge in [0.2, 0.25) is 0 Å². The molecule has 2 N–H and O–H groups in total. The number of benzene rings is 1. The standard InChI is InChI=1S/C14H19FN2O2/c1-16-9-10-8-11(15)5-6-12(10)19-13-4-2-3-7-17-14(13)18/h5-6,8,13,16H,2-4,7,9H2,1H3,(H,17,18). The number of hydrogen-bond acceptors (Lipinski definition) is 3. The van der Waals surface area contributed by atoms with Crippen LogP contribution in [0.25, 0.3) is 0 Å². The van der Waals surface area contributed by atoms with E-state index in [1.165, 1.54) is 12.1 Å². The molecule has 0 bridgehead atoms. The third-order valence-electron chi connectivity index (χ3n) is 3.14. The average Bonchev–Trinajstić information content (AvgIpc) is 2.58. The molecular weight excluding hydrogens is 247 g/mol. The second-order valence-electron chi connectivity index (χ2n) is 4.68. The van der Waals surface area contributed by atoms with E-state index in [9.17, 15) is 9.18 Å². The average molecular weight is 266 g/mol. The largest absolute Gasteiger partial charge is 0.480 e. The van der Waals surface area contributed by atoms with Crippen molar-refractivity contribution in [3.63, 3.8) is 0 Å². The van der Waals surface area contributed by atoms with Crippen molar-refractivity contribution in [3.8, 4) is 5.75 Å². The number of carbonyl (C=O) groups is 1. The molecule has 104 valence electrons. The summed E-state index contributed by atoms with van der Waals surface area (Å²) in [4.78, 5) is 11.8. The maximum Gasteiger partial charge on any atom is 0.261 e. The van der Waals surface area contributed by atoms with Crippen molar-refractivity contribution in [2.75, 3.05) is 13.6 Å². The second kappa shape index (κ2) is 6.52. The van der Waals surface area contributed by atoms with Crippen molar-refractivity contribution < 1.29 is 13.9 Å². The Morgan fingerprint density at radius 3 is 3.11 bits per heavy atom. The number of carbonyl (C=O) groups excluding carboxylic acids is 1. The molecule has 1 aliphatic heterocycles. The van der Waals surface area contributed by atoms with Crippen molar-refractivity contribution in [1.29, 1.82) is 0 Å². The highest BCUT2D eigenvalue weighted by atomic mass is 19.1. The Morgan fingerprint density at radius 2 is 2.32 bits per heavy atom. The molecule has 1 saturated heterocycles. The Balaban J connectivity index is 2.14. The van der Waals surface area contributed by atoms with Gasteiger partial charge >= 0.3 is 0 Å². The lowest BCUT2D eigenvalue weighted by Crippen LogP contribution is -2.36. The van der Waals surface area contributed by atoms with Crippen LogP contribution in [0.3, 0.4) is 0 Å². The van der Waals surface area contributed by atoms with Gasteiger partial charge in [0.25, 0.3) is 5.91 Å². The molecule has 5 heteroatoms. The molecule has 0 saturated carbocycles. The van der Waals surface area contributed by atoms with Crippen molar-refractivity contribution in [2.45, 2.75) is 31.9 Å². The van der Waals surface area contributed by atoms with Crippen molar-refractivity contribution in [1.82, 2.24) is 10.6 Å². The molecule has 1 aromatic rings. The summed E-state index contributed by atoms with van der Waals surface area (Å²) in [5, 5.41) is 5.79. The minimum atomic E-state index is -0.483. The fourth-order valence-electron chi connectivity index (χ4n) is 2.17. The fraction of sp³-hybridized carbons (Fsp3) is 0.500. The van der Waals surface area contributed by atoms with Gasteiger partial charge in [-0.15, -0.1) is 0 Å². The molecule has 1 aromatic carbocycles. The Kier molecular flexibility index (Phi) is 4.74. The zero-order valence-corrected chi connectivity index (χ0v) is 11.0. The second-order valence-corrected chi connectivity index (χ2v) is 4.68.